The summed E-state index contributed by atoms with van der Waals surface area (Å²) in [5.74, 6) is 1.01. The zero-order chi connectivity index (χ0) is 13.9. The molecule has 1 aromatic carbocycles. The molecule has 0 bridgehead atoms. The molecule has 0 spiro atoms. The van der Waals surface area contributed by atoms with Crippen LogP contribution >= 0.6 is 11.3 Å². The van der Waals surface area contributed by atoms with Crippen molar-refractivity contribution in [2.24, 2.45) is 5.73 Å². The van der Waals surface area contributed by atoms with Gasteiger partial charge >= 0.3 is 0 Å². The van der Waals surface area contributed by atoms with Gasteiger partial charge in [0.1, 0.15) is 5.75 Å². The van der Waals surface area contributed by atoms with E-state index in [2.05, 4.69) is 30.1 Å². The Morgan fingerprint density at radius 1 is 1.45 bits per heavy atom. The molecule has 3 rings (SSSR count). The van der Waals surface area contributed by atoms with E-state index in [1.165, 1.54) is 16.0 Å². The van der Waals surface area contributed by atoms with Gasteiger partial charge in [0.05, 0.1) is 17.8 Å². The normalized spacial score (nSPS) is 17.8. The van der Waals surface area contributed by atoms with E-state index in [0.29, 0.717) is 6.61 Å². The number of aryl methyl sites for hydroxylation is 1. The monoisotopic (exact) mass is 288 g/mol. The summed E-state index contributed by atoms with van der Waals surface area (Å²) in [6.07, 6.45) is 4.24. The standard InChI is InChI=1S/C16H20N2OS/c1-11-16(20-10-18-11)8-9-19-15-7-3-4-12-13(15)5-2-6-14(12)17/h3-4,7,10,14H,2,5-6,8-9,17H2,1H3. The lowest BCUT2D eigenvalue weighted by atomic mass is 9.87. The van der Waals surface area contributed by atoms with E-state index in [4.69, 9.17) is 10.5 Å². The maximum atomic E-state index is 6.18. The second kappa shape index (κ2) is 5.94. The third-order valence-electron chi connectivity index (χ3n) is 3.94. The van der Waals surface area contributed by atoms with Gasteiger partial charge in [-0.15, -0.1) is 11.3 Å². The third kappa shape index (κ3) is 2.72. The highest BCUT2D eigenvalue weighted by molar-refractivity contribution is 7.09. The van der Waals surface area contributed by atoms with Gasteiger partial charge in [-0.2, -0.15) is 0 Å². The molecular weight excluding hydrogens is 268 g/mol. The van der Waals surface area contributed by atoms with E-state index in [-0.39, 0.29) is 6.04 Å². The van der Waals surface area contributed by atoms with Crippen LogP contribution in [0.1, 0.15) is 40.6 Å². The Morgan fingerprint density at radius 2 is 2.35 bits per heavy atom. The van der Waals surface area contributed by atoms with E-state index in [1.807, 2.05) is 5.51 Å². The molecule has 0 amide bonds. The fourth-order valence-corrected chi connectivity index (χ4v) is 3.57. The summed E-state index contributed by atoms with van der Waals surface area (Å²) >= 11 is 1.70. The lowest BCUT2D eigenvalue weighted by Gasteiger charge is -2.24. The number of hydrogen-bond donors (Lipinski definition) is 1. The third-order valence-corrected chi connectivity index (χ3v) is 4.94. The van der Waals surface area contributed by atoms with Crippen molar-refractivity contribution in [3.63, 3.8) is 0 Å². The minimum atomic E-state index is 0.172. The SMILES string of the molecule is Cc1ncsc1CCOc1cccc2c1CCCC2N. The molecule has 0 saturated carbocycles. The number of nitrogens with zero attached hydrogens (tertiary/aromatic N) is 1. The fourth-order valence-electron chi connectivity index (χ4n) is 2.81. The van der Waals surface area contributed by atoms with Crippen molar-refractivity contribution < 1.29 is 4.74 Å². The van der Waals surface area contributed by atoms with Gasteiger partial charge in [-0.25, -0.2) is 4.98 Å². The Hall–Kier alpha value is -1.39. The van der Waals surface area contributed by atoms with Gasteiger partial charge in [0.15, 0.2) is 0 Å². The van der Waals surface area contributed by atoms with Crippen LogP contribution in [0.5, 0.6) is 5.75 Å². The quantitative estimate of drug-likeness (QED) is 0.938. The molecular formula is C16H20N2OS. The number of ether oxygens (including phenoxy) is 1. The van der Waals surface area contributed by atoms with Crippen molar-refractivity contribution in [1.82, 2.24) is 4.98 Å². The maximum absolute atomic E-state index is 6.18. The van der Waals surface area contributed by atoms with E-state index in [1.54, 1.807) is 11.3 Å². The number of rotatable bonds is 4. The van der Waals surface area contributed by atoms with Gasteiger partial charge in [0.2, 0.25) is 0 Å². The summed E-state index contributed by atoms with van der Waals surface area (Å²) < 4.78 is 6.00. The van der Waals surface area contributed by atoms with Crippen molar-refractivity contribution in [1.29, 1.82) is 0 Å². The summed E-state index contributed by atoms with van der Waals surface area (Å²) in [4.78, 5) is 5.58. The first-order valence-electron chi connectivity index (χ1n) is 7.15. The largest absolute Gasteiger partial charge is 0.493 e. The molecule has 0 aliphatic heterocycles. The number of fused-ring (bicyclic) bond motifs is 1. The van der Waals surface area contributed by atoms with Gasteiger partial charge < -0.3 is 10.5 Å². The van der Waals surface area contributed by atoms with Crippen LogP contribution in [0.25, 0.3) is 0 Å². The first-order chi connectivity index (χ1) is 9.75. The van der Waals surface area contributed by atoms with E-state index < -0.39 is 0 Å². The average molecular weight is 288 g/mol. The molecule has 1 unspecified atom stereocenters. The average Bonchev–Trinajstić information content (AvgIpc) is 2.86. The highest BCUT2D eigenvalue weighted by atomic mass is 32.1. The second-order valence-electron chi connectivity index (χ2n) is 5.28. The zero-order valence-corrected chi connectivity index (χ0v) is 12.6. The van der Waals surface area contributed by atoms with Crippen molar-refractivity contribution in [2.75, 3.05) is 6.61 Å². The van der Waals surface area contributed by atoms with Crippen LogP contribution in [0.3, 0.4) is 0 Å². The zero-order valence-electron chi connectivity index (χ0n) is 11.8. The minimum absolute atomic E-state index is 0.172. The number of aromatic nitrogens is 1. The van der Waals surface area contributed by atoms with Crippen LogP contribution in [-0.4, -0.2) is 11.6 Å². The lowest BCUT2D eigenvalue weighted by Crippen LogP contribution is -2.18. The highest BCUT2D eigenvalue weighted by Crippen LogP contribution is 2.34. The molecule has 2 N–H and O–H groups in total. The van der Waals surface area contributed by atoms with Crippen molar-refractivity contribution in [3.8, 4) is 5.75 Å². The summed E-state index contributed by atoms with van der Waals surface area (Å²) in [6.45, 7) is 2.75. The molecule has 1 aliphatic rings. The molecule has 20 heavy (non-hydrogen) atoms. The smallest absolute Gasteiger partial charge is 0.122 e. The van der Waals surface area contributed by atoms with Crippen LogP contribution in [-0.2, 0) is 12.8 Å². The van der Waals surface area contributed by atoms with Crippen molar-refractivity contribution in [3.05, 3.63) is 45.4 Å². The summed E-state index contributed by atoms with van der Waals surface area (Å²) in [5, 5.41) is 0. The topological polar surface area (TPSA) is 48.1 Å². The lowest BCUT2D eigenvalue weighted by molar-refractivity contribution is 0.316. The molecule has 3 nitrogen and oxygen atoms in total. The predicted octanol–water partition coefficient (Wildman–Crippen LogP) is 3.41. The molecule has 4 heteroatoms. The van der Waals surface area contributed by atoms with Gasteiger partial charge in [-0.3, -0.25) is 0 Å². The first-order valence-corrected chi connectivity index (χ1v) is 8.03. The Morgan fingerprint density at radius 3 is 3.15 bits per heavy atom. The van der Waals surface area contributed by atoms with Crippen molar-refractivity contribution >= 4 is 11.3 Å². The summed E-state index contributed by atoms with van der Waals surface area (Å²) in [7, 11) is 0. The van der Waals surface area contributed by atoms with Gasteiger partial charge in [0, 0.05) is 17.3 Å². The number of hydrogen-bond acceptors (Lipinski definition) is 4. The van der Waals surface area contributed by atoms with Gasteiger partial charge in [-0.1, -0.05) is 12.1 Å². The fraction of sp³-hybridized carbons (Fsp3) is 0.438. The molecule has 0 fully saturated rings. The Labute approximate surface area is 123 Å². The molecule has 1 atom stereocenters. The molecule has 1 aliphatic carbocycles. The molecule has 1 aromatic heterocycles. The Bertz CT molecular complexity index is 594. The first kappa shape index (κ1) is 13.6. The van der Waals surface area contributed by atoms with Gasteiger partial charge in [-0.05, 0) is 43.4 Å². The summed E-state index contributed by atoms with van der Waals surface area (Å²) in [6, 6.07) is 6.43. The van der Waals surface area contributed by atoms with E-state index in [9.17, 15) is 0 Å². The number of nitrogens with two attached hydrogens (primary N) is 1. The molecule has 2 aromatic rings. The molecule has 1 heterocycles. The minimum Gasteiger partial charge on any atom is -0.493 e. The second-order valence-corrected chi connectivity index (χ2v) is 6.22. The number of benzene rings is 1. The Balaban J connectivity index is 1.69. The van der Waals surface area contributed by atoms with Crippen LogP contribution in [0.2, 0.25) is 0 Å². The number of thiazole rings is 1. The maximum Gasteiger partial charge on any atom is 0.122 e. The van der Waals surface area contributed by atoms with Crippen LogP contribution in [0.4, 0.5) is 0 Å². The highest BCUT2D eigenvalue weighted by Gasteiger charge is 2.19. The van der Waals surface area contributed by atoms with Crippen LogP contribution < -0.4 is 10.5 Å². The molecule has 0 saturated heterocycles. The van der Waals surface area contributed by atoms with Crippen LogP contribution in [0.15, 0.2) is 23.7 Å². The molecule has 0 radical (unpaired) electrons. The summed E-state index contributed by atoms with van der Waals surface area (Å²) in [5.41, 5.74) is 11.8. The predicted molar refractivity (Wildman–Crippen MR) is 82.4 cm³/mol. The van der Waals surface area contributed by atoms with Gasteiger partial charge in [0.25, 0.3) is 0 Å². The van der Waals surface area contributed by atoms with Crippen molar-refractivity contribution in [2.45, 2.75) is 38.6 Å². The Kier molecular flexibility index (Phi) is 4.03. The molecule has 106 valence electrons. The van der Waals surface area contributed by atoms with E-state index in [0.717, 1.165) is 37.1 Å². The van der Waals surface area contributed by atoms with Crippen LogP contribution in [0, 0.1) is 6.92 Å². The van der Waals surface area contributed by atoms with E-state index >= 15 is 0 Å².